The fourth-order valence-electron chi connectivity index (χ4n) is 3.83. The van der Waals surface area contributed by atoms with Crippen LogP contribution in [0.3, 0.4) is 0 Å². The van der Waals surface area contributed by atoms with Crippen LogP contribution in [0.2, 0.25) is 5.02 Å². The summed E-state index contributed by atoms with van der Waals surface area (Å²) in [6.07, 6.45) is 2.54. The van der Waals surface area contributed by atoms with Crippen LogP contribution in [0.25, 0.3) is 0 Å². The molecule has 102 valence electrons. The molecule has 0 amide bonds. The second-order valence-corrected chi connectivity index (χ2v) is 6.40. The van der Waals surface area contributed by atoms with E-state index in [-0.39, 0.29) is 0 Å². The van der Waals surface area contributed by atoms with Gasteiger partial charge in [0.1, 0.15) is 0 Å². The van der Waals surface area contributed by atoms with Crippen LogP contribution in [-0.2, 0) is 6.54 Å². The number of nitrogens with zero attached hydrogens (tertiary/aromatic N) is 1. The van der Waals surface area contributed by atoms with Gasteiger partial charge in [0.25, 0.3) is 0 Å². The minimum atomic E-state index is 0.558. The zero-order valence-corrected chi connectivity index (χ0v) is 12.2. The van der Waals surface area contributed by atoms with Gasteiger partial charge in [-0.05, 0) is 54.1 Å². The Morgan fingerprint density at radius 1 is 1.05 bits per heavy atom. The Balaban J connectivity index is 1.65. The van der Waals surface area contributed by atoms with Crippen LogP contribution in [0.15, 0.2) is 48.5 Å². The van der Waals surface area contributed by atoms with Crippen LogP contribution in [-0.4, -0.2) is 11.4 Å². The molecular formula is C18H18ClN. The first kappa shape index (κ1) is 12.4. The highest BCUT2D eigenvalue weighted by molar-refractivity contribution is 6.30. The second-order valence-electron chi connectivity index (χ2n) is 5.97. The molecule has 1 aliphatic heterocycles. The predicted molar refractivity (Wildman–Crippen MR) is 83.0 cm³/mol. The topological polar surface area (TPSA) is 3.24 Å². The van der Waals surface area contributed by atoms with Gasteiger partial charge >= 0.3 is 0 Å². The molecule has 0 N–H and O–H groups in total. The second kappa shape index (κ2) is 4.91. The third kappa shape index (κ3) is 2.06. The van der Waals surface area contributed by atoms with Crippen molar-refractivity contribution in [2.75, 3.05) is 6.54 Å². The van der Waals surface area contributed by atoms with Crippen LogP contribution in [0.1, 0.15) is 41.5 Å². The first-order valence-electron chi connectivity index (χ1n) is 7.38. The van der Waals surface area contributed by atoms with Crippen LogP contribution >= 0.6 is 11.6 Å². The van der Waals surface area contributed by atoms with Gasteiger partial charge in [-0.3, -0.25) is 4.90 Å². The Hall–Kier alpha value is -1.31. The lowest BCUT2D eigenvalue weighted by atomic mass is 9.95. The van der Waals surface area contributed by atoms with Crippen molar-refractivity contribution in [3.8, 4) is 0 Å². The number of fused-ring (bicyclic) bond motifs is 5. The van der Waals surface area contributed by atoms with Gasteiger partial charge in [-0.25, -0.2) is 0 Å². The summed E-state index contributed by atoms with van der Waals surface area (Å²) >= 11 is 6.20. The van der Waals surface area contributed by atoms with Gasteiger partial charge in [0.15, 0.2) is 0 Å². The average molecular weight is 284 g/mol. The normalized spacial score (nSPS) is 24.6. The summed E-state index contributed by atoms with van der Waals surface area (Å²) in [5.41, 5.74) is 4.41. The van der Waals surface area contributed by atoms with Gasteiger partial charge in [0.05, 0.1) is 0 Å². The summed E-state index contributed by atoms with van der Waals surface area (Å²) in [4.78, 5) is 2.62. The maximum atomic E-state index is 6.20. The number of hydrogen-bond acceptors (Lipinski definition) is 1. The van der Waals surface area contributed by atoms with Crippen molar-refractivity contribution in [3.63, 3.8) is 0 Å². The van der Waals surface area contributed by atoms with E-state index in [1.54, 1.807) is 0 Å². The van der Waals surface area contributed by atoms with Gasteiger partial charge in [-0.15, -0.1) is 0 Å². The highest BCUT2D eigenvalue weighted by Gasteiger charge is 2.38. The molecule has 2 atom stereocenters. The molecule has 1 heterocycles. The maximum absolute atomic E-state index is 6.20. The van der Waals surface area contributed by atoms with Gasteiger partial charge in [0, 0.05) is 17.6 Å². The molecule has 2 aromatic carbocycles. The highest BCUT2D eigenvalue weighted by Crippen LogP contribution is 2.49. The van der Waals surface area contributed by atoms with Crippen LogP contribution in [0.5, 0.6) is 0 Å². The lowest BCUT2D eigenvalue weighted by Gasteiger charge is -2.33. The molecule has 2 aromatic rings. The van der Waals surface area contributed by atoms with Gasteiger partial charge in [-0.1, -0.05) is 48.0 Å². The molecule has 0 saturated carbocycles. The molecule has 2 aliphatic rings. The van der Waals surface area contributed by atoms with Crippen molar-refractivity contribution in [2.24, 2.45) is 0 Å². The Labute approximate surface area is 125 Å². The van der Waals surface area contributed by atoms with E-state index in [1.165, 1.54) is 36.1 Å². The quantitative estimate of drug-likeness (QED) is 0.767. The minimum absolute atomic E-state index is 0.558. The van der Waals surface area contributed by atoms with Gasteiger partial charge in [0.2, 0.25) is 0 Å². The standard InChI is InChI=1S/C18H18ClN/c19-15-6-7-16-14-8-9-20(18(10-14)17(16)11-15)12-13-4-2-1-3-5-13/h1-7,11,14,18H,8-10,12H2/t14?,18-/m1/s1. The molecular weight excluding hydrogens is 266 g/mol. The van der Waals surface area contributed by atoms with Crippen molar-refractivity contribution >= 4 is 11.6 Å². The summed E-state index contributed by atoms with van der Waals surface area (Å²) in [5, 5.41) is 0.871. The van der Waals surface area contributed by atoms with Crippen molar-refractivity contribution in [1.82, 2.24) is 4.90 Å². The SMILES string of the molecule is Clc1ccc2c(c1)[C@H]1CC2CCN1Cc1ccccc1. The molecule has 2 bridgehead atoms. The molecule has 1 unspecified atom stereocenters. The summed E-state index contributed by atoms with van der Waals surface area (Å²) in [6, 6.07) is 17.8. The molecule has 0 radical (unpaired) electrons. The van der Waals surface area contributed by atoms with E-state index in [9.17, 15) is 0 Å². The Morgan fingerprint density at radius 3 is 2.75 bits per heavy atom. The van der Waals surface area contributed by atoms with Gasteiger partial charge < -0.3 is 0 Å². The fourth-order valence-corrected chi connectivity index (χ4v) is 4.01. The molecule has 1 aliphatic carbocycles. The number of hydrogen-bond donors (Lipinski definition) is 0. The summed E-state index contributed by atoms with van der Waals surface area (Å²) in [7, 11) is 0. The molecule has 0 spiro atoms. The molecule has 1 saturated heterocycles. The smallest absolute Gasteiger partial charge is 0.0409 e. The van der Waals surface area contributed by atoms with Crippen LogP contribution in [0.4, 0.5) is 0 Å². The Morgan fingerprint density at radius 2 is 1.90 bits per heavy atom. The largest absolute Gasteiger partial charge is 0.292 e. The zero-order chi connectivity index (χ0) is 13.5. The van der Waals surface area contributed by atoms with E-state index in [4.69, 9.17) is 11.6 Å². The van der Waals surface area contributed by atoms with E-state index >= 15 is 0 Å². The predicted octanol–water partition coefficient (Wildman–Crippen LogP) is 4.77. The van der Waals surface area contributed by atoms with Crippen molar-refractivity contribution in [1.29, 1.82) is 0 Å². The van der Waals surface area contributed by atoms with Crippen molar-refractivity contribution in [3.05, 3.63) is 70.2 Å². The fraction of sp³-hybridized carbons (Fsp3) is 0.333. The molecule has 4 rings (SSSR count). The average Bonchev–Trinajstić information content (AvgIpc) is 2.77. The van der Waals surface area contributed by atoms with E-state index in [0.717, 1.165) is 17.5 Å². The lowest BCUT2D eigenvalue weighted by molar-refractivity contribution is 0.145. The molecule has 2 heteroatoms. The van der Waals surface area contributed by atoms with Gasteiger partial charge in [-0.2, -0.15) is 0 Å². The van der Waals surface area contributed by atoms with E-state index in [2.05, 4.69) is 47.4 Å². The van der Waals surface area contributed by atoms with E-state index < -0.39 is 0 Å². The molecule has 20 heavy (non-hydrogen) atoms. The minimum Gasteiger partial charge on any atom is -0.292 e. The summed E-state index contributed by atoms with van der Waals surface area (Å²) in [5.74, 6) is 0.749. The summed E-state index contributed by atoms with van der Waals surface area (Å²) < 4.78 is 0. The molecule has 0 aromatic heterocycles. The Bertz CT molecular complexity index is 623. The molecule has 1 nitrogen and oxygen atoms in total. The third-order valence-corrected chi connectivity index (χ3v) is 5.02. The number of likely N-dealkylation sites (tertiary alicyclic amines) is 1. The third-order valence-electron chi connectivity index (χ3n) is 4.79. The highest BCUT2D eigenvalue weighted by atomic mass is 35.5. The Kier molecular flexibility index (Phi) is 3.05. The van der Waals surface area contributed by atoms with Crippen LogP contribution in [0, 0.1) is 0 Å². The summed E-state index contributed by atoms with van der Waals surface area (Å²) in [6.45, 7) is 2.24. The van der Waals surface area contributed by atoms with Crippen LogP contribution < -0.4 is 0 Å². The van der Waals surface area contributed by atoms with Crippen molar-refractivity contribution in [2.45, 2.75) is 31.3 Å². The monoisotopic (exact) mass is 283 g/mol. The van der Waals surface area contributed by atoms with E-state index in [1.807, 2.05) is 6.07 Å². The number of rotatable bonds is 2. The molecule has 1 fully saturated rings. The van der Waals surface area contributed by atoms with Crippen molar-refractivity contribution < 1.29 is 0 Å². The number of halogens is 1. The first-order chi connectivity index (χ1) is 9.81. The lowest BCUT2D eigenvalue weighted by Crippen LogP contribution is -2.31. The number of piperidine rings is 1. The first-order valence-corrected chi connectivity index (χ1v) is 7.76. The van der Waals surface area contributed by atoms with E-state index in [0.29, 0.717) is 6.04 Å². The zero-order valence-electron chi connectivity index (χ0n) is 11.4. The maximum Gasteiger partial charge on any atom is 0.0409 e. The number of benzene rings is 2.